The maximum absolute atomic E-state index is 13.2. The van der Waals surface area contributed by atoms with E-state index >= 15 is 0 Å². The Morgan fingerprint density at radius 2 is 1.93 bits per heavy atom. The molecule has 2 unspecified atom stereocenters. The first-order valence-corrected chi connectivity index (χ1v) is 9.90. The molecule has 0 bridgehead atoms. The standard InChI is InChI=1S/C20H23ClN6O2/c1-5-25-18(28)16-17(24(4)20(25)29)22-19(27-13(3)9-12(2)23-27)26(16)11-14-7-6-8-15(21)10-14/h6-10,16-17H,5,11H2,1-4H3. The minimum Gasteiger partial charge on any atom is -0.321 e. The summed E-state index contributed by atoms with van der Waals surface area (Å²) in [6.07, 6.45) is -0.601. The predicted octanol–water partition coefficient (Wildman–Crippen LogP) is 2.48. The van der Waals surface area contributed by atoms with E-state index in [0.29, 0.717) is 24.1 Å². The topological polar surface area (TPSA) is 74.0 Å². The fraction of sp³-hybridized carbons (Fsp3) is 0.400. The van der Waals surface area contributed by atoms with Gasteiger partial charge >= 0.3 is 6.03 Å². The molecule has 2 aliphatic rings. The zero-order valence-electron chi connectivity index (χ0n) is 16.8. The Morgan fingerprint density at radius 3 is 2.55 bits per heavy atom. The van der Waals surface area contributed by atoms with Crippen LogP contribution in [0.2, 0.25) is 5.02 Å². The number of nitrogens with zero attached hydrogens (tertiary/aromatic N) is 6. The van der Waals surface area contributed by atoms with Crippen molar-refractivity contribution in [2.24, 2.45) is 4.99 Å². The van der Waals surface area contributed by atoms with Gasteiger partial charge in [-0.1, -0.05) is 23.7 Å². The maximum Gasteiger partial charge on any atom is 0.328 e. The number of amides is 3. The van der Waals surface area contributed by atoms with Gasteiger partial charge in [-0.05, 0) is 44.5 Å². The van der Waals surface area contributed by atoms with Gasteiger partial charge in [0.2, 0.25) is 5.96 Å². The number of halogens is 1. The van der Waals surface area contributed by atoms with Crippen LogP contribution in [0.1, 0.15) is 23.9 Å². The van der Waals surface area contributed by atoms with Crippen molar-refractivity contribution >= 4 is 29.5 Å². The smallest absolute Gasteiger partial charge is 0.321 e. The Bertz CT molecular complexity index is 1020. The third-order valence-electron chi connectivity index (χ3n) is 5.33. The molecule has 0 saturated carbocycles. The summed E-state index contributed by atoms with van der Waals surface area (Å²) in [5.74, 6) is 0.305. The van der Waals surface area contributed by atoms with Crippen LogP contribution in [0.25, 0.3) is 0 Å². The van der Waals surface area contributed by atoms with Gasteiger partial charge in [0.15, 0.2) is 12.2 Å². The highest BCUT2D eigenvalue weighted by Gasteiger charge is 2.52. The van der Waals surface area contributed by atoms with Gasteiger partial charge in [0.05, 0.1) is 5.69 Å². The number of urea groups is 1. The van der Waals surface area contributed by atoms with Crippen molar-refractivity contribution in [3.8, 4) is 0 Å². The van der Waals surface area contributed by atoms with Gasteiger partial charge in [-0.3, -0.25) is 9.69 Å². The van der Waals surface area contributed by atoms with Crippen molar-refractivity contribution in [3.63, 3.8) is 0 Å². The molecule has 3 heterocycles. The van der Waals surface area contributed by atoms with Gasteiger partial charge in [-0.15, -0.1) is 0 Å². The summed E-state index contributed by atoms with van der Waals surface area (Å²) in [5.41, 5.74) is 2.71. The zero-order valence-corrected chi connectivity index (χ0v) is 17.6. The molecular formula is C20H23ClN6O2. The van der Waals surface area contributed by atoms with E-state index in [2.05, 4.69) is 5.10 Å². The number of carbonyl (C=O) groups is 2. The van der Waals surface area contributed by atoms with Gasteiger partial charge in [0.25, 0.3) is 5.91 Å². The van der Waals surface area contributed by atoms with Crippen molar-refractivity contribution in [1.29, 1.82) is 0 Å². The minimum absolute atomic E-state index is 0.247. The van der Waals surface area contributed by atoms with Crippen molar-refractivity contribution in [2.75, 3.05) is 13.6 Å². The lowest BCUT2D eigenvalue weighted by Crippen LogP contribution is -2.64. The summed E-state index contributed by atoms with van der Waals surface area (Å²) in [7, 11) is 1.68. The zero-order chi connectivity index (χ0) is 20.9. The average molecular weight is 415 g/mol. The number of imide groups is 1. The second kappa shape index (κ2) is 7.18. The Labute approximate surface area is 174 Å². The van der Waals surface area contributed by atoms with Crippen LogP contribution in [0.15, 0.2) is 35.3 Å². The molecule has 9 heteroatoms. The molecule has 29 heavy (non-hydrogen) atoms. The van der Waals surface area contributed by atoms with Crippen LogP contribution in [-0.4, -0.2) is 68.2 Å². The lowest BCUT2D eigenvalue weighted by molar-refractivity contribution is -0.137. The third kappa shape index (κ3) is 3.17. The van der Waals surface area contributed by atoms with Crippen LogP contribution in [-0.2, 0) is 11.3 Å². The summed E-state index contributed by atoms with van der Waals surface area (Å²) >= 11 is 6.17. The second-order valence-corrected chi connectivity index (χ2v) is 7.80. The fourth-order valence-electron chi connectivity index (χ4n) is 3.97. The lowest BCUT2D eigenvalue weighted by Gasteiger charge is -2.41. The monoisotopic (exact) mass is 414 g/mol. The van der Waals surface area contributed by atoms with Crippen LogP contribution in [0.5, 0.6) is 0 Å². The second-order valence-electron chi connectivity index (χ2n) is 7.36. The van der Waals surface area contributed by atoms with E-state index < -0.39 is 12.2 Å². The summed E-state index contributed by atoms with van der Waals surface area (Å²) in [6, 6.07) is 8.52. The number of aryl methyl sites for hydroxylation is 2. The molecule has 0 spiro atoms. The number of aliphatic imine (C=N–C) groups is 1. The number of rotatable bonds is 3. The van der Waals surface area contributed by atoms with E-state index in [9.17, 15) is 9.59 Å². The van der Waals surface area contributed by atoms with Crippen LogP contribution < -0.4 is 0 Å². The molecule has 1 saturated heterocycles. The van der Waals surface area contributed by atoms with Crippen molar-refractivity contribution in [2.45, 2.75) is 39.5 Å². The van der Waals surface area contributed by atoms with Crippen molar-refractivity contribution < 1.29 is 9.59 Å². The average Bonchev–Trinajstić information content (AvgIpc) is 3.20. The predicted molar refractivity (Wildman–Crippen MR) is 110 cm³/mol. The molecule has 2 aliphatic heterocycles. The summed E-state index contributed by atoms with van der Waals surface area (Å²) in [4.78, 5) is 35.4. The van der Waals surface area contributed by atoms with Gasteiger partial charge in [-0.2, -0.15) is 5.10 Å². The molecular weight excluding hydrogens is 392 g/mol. The molecule has 152 valence electrons. The van der Waals surface area contributed by atoms with E-state index in [0.717, 1.165) is 17.0 Å². The highest BCUT2D eigenvalue weighted by atomic mass is 35.5. The molecule has 1 fully saturated rings. The Kier molecular flexibility index (Phi) is 4.82. The molecule has 0 aliphatic carbocycles. The third-order valence-corrected chi connectivity index (χ3v) is 5.56. The molecule has 3 amide bonds. The first-order valence-electron chi connectivity index (χ1n) is 9.52. The van der Waals surface area contributed by atoms with Gasteiger partial charge in [0.1, 0.15) is 0 Å². The number of carbonyl (C=O) groups excluding carboxylic acids is 2. The molecule has 1 aromatic carbocycles. The highest BCUT2D eigenvalue weighted by molar-refractivity contribution is 6.30. The van der Waals surface area contributed by atoms with Crippen LogP contribution >= 0.6 is 11.6 Å². The molecule has 1 aromatic heterocycles. The van der Waals surface area contributed by atoms with Gasteiger partial charge < -0.3 is 9.80 Å². The van der Waals surface area contributed by atoms with Crippen LogP contribution in [0, 0.1) is 13.8 Å². The van der Waals surface area contributed by atoms with Gasteiger partial charge in [-0.25, -0.2) is 14.5 Å². The van der Waals surface area contributed by atoms with Crippen molar-refractivity contribution in [1.82, 2.24) is 24.5 Å². The Balaban J connectivity index is 1.81. The number of hydrogen-bond acceptors (Lipinski definition) is 5. The van der Waals surface area contributed by atoms with E-state index in [1.54, 1.807) is 18.7 Å². The number of hydrogen-bond donors (Lipinski definition) is 0. The largest absolute Gasteiger partial charge is 0.328 e. The summed E-state index contributed by atoms with van der Waals surface area (Å²) in [6.45, 7) is 6.38. The highest BCUT2D eigenvalue weighted by Crippen LogP contribution is 2.30. The quantitative estimate of drug-likeness (QED) is 0.773. The summed E-state index contributed by atoms with van der Waals surface area (Å²) in [5, 5.41) is 5.18. The molecule has 4 rings (SSSR count). The normalized spacial score (nSPS) is 21.7. The number of aromatic nitrogens is 2. The number of fused-ring (bicyclic) bond motifs is 1. The lowest BCUT2D eigenvalue weighted by atomic mass is 10.1. The Morgan fingerprint density at radius 1 is 1.17 bits per heavy atom. The van der Waals surface area contributed by atoms with E-state index in [-0.39, 0.29) is 11.9 Å². The molecule has 2 aromatic rings. The van der Waals surface area contributed by atoms with Gasteiger partial charge in [0, 0.05) is 30.9 Å². The van der Waals surface area contributed by atoms with E-state index in [1.807, 2.05) is 49.1 Å². The van der Waals surface area contributed by atoms with Crippen LogP contribution in [0.3, 0.4) is 0 Å². The summed E-state index contributed by atoms with van der Waals surface area (Å²) < 4.78 is 1.74. The number of likely N-dealkylation sites (N-methyl/N-ethyl adjacent to an activating group) is 2. The molecule has 8 nitrogen and oxygen atoms in total. The maximum atomic E-state index is 13.2. The Hall–Kier alpha value is -2.87. The molecule has 0 radical (unpaired) electrons. The fourth-order valence-corrected chi connectivity index (χ4v) is 4.18. The number of benzene rings is 1. The van der Waals surface area contributed by atoms with Crippen molar-refractivity contribution in [3.05, 3.63) is 52.3 Å². The first-order chi connectivity index (χ1) is 13.8. The SMILES string of the molecule is CCN1C(=O)C2C(N=C(n3nc(C)cc3C)N2Cc2cccc(Cl)c2)N(C)C1=O. The minimum atomic E-state index is -0.615. The van der Waals surface area contributed by atoms with E-state index in [4.69, 9.17) is 16.6 Å². The molecule has 0 N–H and O–H groups in total. The van der Waals surface area contributed by atoms with Crippen LogP contribution in [0.4, 0.5) is 4.79 Å². The van der Waals surface area contributed by atoms with E-state index in [1.165, 1.54) is 9.80 Å². The molecule has 2 atom stereocenters. The first kappa shape index (κ1) is 19.4.